The third kappa shape index (κ3) is 5.03. The van der Waals surface area contributed by atoms with Gasteiger partial charge >= 0.3 is 6.09 Å². The first-order valence-corrected chi connectivity index (χ1v) is 10.3. The Morgan fingerprint density at radius 1 is 1.09 bits per heavy atom. The van der Waals surface area contributed by atoms with Crippen molar-refractivity contribution in [1.82, 2.24) is 5.32 Å². The van der Waals surface area contributed by atoms with Gasteiger partial charge in [-0.3, -0.25) is 0 Å². The van der Waals surface area contributed by atoms with Gasteiger partial charge in [0, 0.05) is 12.7 Å². The van der Waals surface area contributed by atoms with E-state index in [1.807, 2.05) is 42.5 Å². The summed E-state index contributed by atoms with van der Waals surface area (Å²) in [5.74, 6) is 0.713. The second-order valence-corrected chi connectivity index (χ2v) is 7.54. The number of carbonyl (C=O) groups excluding carboxylic acids is 1. The Balaban J connectivity index is 1.40. The molecule has 6 atom stereocenters. The van der Waals surface area contributed by atoms with E-state index >= 15 is 0 Å². The summed E-state index contributed by atoms with van der Waals surface area (Å²) in [6.45, 7) is 0.299. The average Bonchev–Trinajstić information content (AvgIpc) is 2.85. The topological polar surface area (TPSA) is 105 Å². The number of alkyl carbamates (subject to hydrolysis) is 1. The normalized spacial score (nSPS) is 29.6. The van der Waals surface area contributed by atoms with E-state index < -0.39 is 43.0 Å². The Morgan fingerprint density at radius 2 is 1.84 bits per heavy atom. The lowest BCUT2D eigenvalue weighted by Crippen LogP contribution is -2.66. The van der Waals surface area contributed by atoms with Crippen molar-refractivity contribution in [3.8, 4) is 5.75 Å². The minimum Gasteiger partial charge on any atom is -0.497 e. The van der Waals surface area contributed by atoms with Crippen LogP contribution in [0.1, 0.15) is 17.4 Å². The number of carbonyl (C=O) groups is 1. The molecule has 2 N–H and O–H groups in total. The van der Waals surface area contributed by atoms with Crippen molar-refractivity contribution in [2.45, 2.75) is 43.5 Å². The smallest absolute Gasteiger partial charge is 0.407 e. The molecule has 2 aromatic carbocycles. The van der Waals surface area contributed by atoms with Crippen LogP contribution < -0.4 is 10.1 Å². The minimum absolute atomic E-state index is 0.101. The first kappa shape index (κ1) is 22.5. The number of methoxy groups -OCH3 is 2. The number of aliphatic hydroxyl groups is 1. The van der Waals surface area contributed by atoms with Crippen LogP contribution in [-0.4, -0.2) is 62.7 Å². The second-order valence-electron chi connectivity index (χ2n) is 7.54. The van der Waals surface area contributed by atoms with Crippen LogP contribution in [0.5, 0.6) is 5.75 Å². The molecular weight excluding hydrogens is 418 g/mol. The van der Waals surface area contributed by atoms with Crippen molar-refractivity contribution < 1.29 is 38.3 Å². The van der Waals surface area contributed by atoms with E-state index in [4.69, 9.17) is 28.4 Å². The molecule has 0 saturated carbocycles. The van der Waals surface area contributed by atoms with Crippen LogP contribution in [0.3, 0.4) is 0 Å². The Labute approximate surface area is 186 Å². The number of hydrogen-bond donors (Lipinski definition) is 2. The van der Waals surface area contributed by atoms with Gasteiger partial charge in [0.1, 0.15) is 36.7 Å². The van der Waals surface area contributed by atoms with Crippen molar-refractivity contribution in [2.75, 3.05) is 20.8 Å². The molecule has 32 heavy (non-hydrogen) atoms. The first-order valence-electron chi connectivity index (χ1n) is 10.3. The van der Waals surface area contributed by atoms with Gasteiger partial charge in [0.25, 0.3) is 0 Å². The fraction of sp³-hybridized carbons (Fsp3) is 0.435. The van der Waals surface area contributed by atoms with Gasteiger partial charge < -0.3 is 38.8 Å². The van der Waals surface area contributed by atoms with Gasteiger partial charge in [-0.1, -0.05) is 42.5 Å². The third-order valence-electron chi connectivity index (χ3n) is 5.48. The lowest BCUT2D eigenvalue weighted by Gasteiger charge is -2.47. The standard InChI is InChI=1S/C23H27NO8/c1-27-16-10-8-15(9-11-16)21-29-13-17-20(32-21)19(25)18(22(28-2)31-17)24-23(26)30-12-14-6-4-3-5-7-14/h3-11,17-22,25H,12-13H2,1-2H3,(H,24,26)/t17-,18-,19-,20-,21-,22+/m1/s1. The van der Waals surface area contributed by atoms with Crippen LogP contribution in [0.15, 0.2) is 54.6 Å². The molecule has 0 radical (unpaired) electrons. The minimum atomic E-state index is -1.10. The number of aliphatic hydroxyl groups excluding tert-OH is 1. The molecule has 0 bridgehead atoms. The zero-order valence-electron chi connectivity index (χ0n) is 17.9. The first-order chi connectivity index (χ1) is 15.6. The van der Waals surface area contributed by atoms with Gasteiger partial charge in [0.2, 0.25) is 0 Å². The highest BCUT2D eigenvalue weighted by Crippen LogP contribution is 2.34. The van der Waals surface area contributed by atoms with Gasteiger partial charge in [-0.2, -0.15) is 0 Å². The summed E-state index contributed by atoms with van der Waals surface area (Å²) < 4.78 is 33.5. The van der Waals surface area contributed by atoms with Gasteiger partial charge in [-0.05, 0) is 17.7 Å². The number of rotatable bonds is 6. The highest BCUT2D eigenvalue weighted by Gasteiger charge is 2.50. The number of ether oxygens (including phenoxy) is 6. The van der Waals surface area contributed by atoms with Crippen molar-refractivity contribution in [3.63, 3.8) is 0 Å². The molecule has 0 unspecified atom stereocenters. The van der Waals surface area contributed by atoms with Crippen LogP contribution >= 0.6 is 0 Å². The molecule has 0 aromatic heterocycles. The molecule has 0 spiro atoms. The number of benzene rings is 2. The predicted octanol–water partition coefficient (Wildman–Crippen LogP) is 2.14. The molecule has 2 aliphatic heterocycles. The Morgan fingerprint density at radius 3 is 2.53 bits per heavy atom. The van der Waals surface area contributed by atoms with Gasteiger partial charge in [-0.15, -0.1) is 0 Å². The predicted molar refractivity (Wildman–Crippen MR) is 112 cm³/mol. The van der Waals surface area contributed by atoms with E-state index in [2.05, 4.69) is 5.32 Å². The molecule has 1 amide bonds. The van der Waals surface area contributed by atoms with Crippen molar-refractivity contribution in [3.05, 3.63) is 65.7 Å². The van der Waals surface area contributed by atoms with E-state index in [1.54, 1.807) is 19.2 Å². The molecular formula is C23H27NO8. The number of nitrogens with one attached hydrogen (secondary N) is 1. The monoisotopic (exact) mass is 445 g/mol. The molecule has 4 rings (SSSR count). The lowest BCUT2D eigenvalue weighted by molar-refractivity contribution is -0.341. The van der Waals surface area contributed by atoms with E-state index in [0.29, 0.717) is 5.75 Å². The van der Waals surface area contributed by atoms with E-state index in [0.717, 1.165) is 11.1 Å². The fourth-order valence-corrected chi connectivity index (χ4v) is 3.78. The molecule has 9 heteroatoms. The van der Waals surface area contributed by atoms with Crippen LogP contribution in [0.25, 0.3) is 0 Å². The van der Waals surface area contributed by atoms with Crippen molar-refractivity contribution >= 4 is 6.09 Å². The number of hydrogen-bond acceptors (Lipinski definition) is 8. The van der Waals surface area contributed by atoms with Crippen molar-refractivity contribution in [2.24, 2.45) is 0 Å². The Kier molecular flexibility index (Phi) is 7.23. The quantitative estimate of drug-likeness (QED) is 0.697. The fourth-order valence-electron chi connectivity index (χ4n) is 3.78. The zero-order valence-corrected chi connectivity index (χ0v) is 17.9. The zero-order chi connectivity index (χ0) is 22.5. The summed E-state index contributed by atoms with van der Waals surface area (Å²) in [6.07, 6.45) is -4.66. The summed E-state index contributed by atoms with van der Waals surface area (Å²) in [5.41, 5.74) is 1.62. The second kappa shape index (κ2) is 10.3. The molecule has 2 aromatic rings. The molecule has 172 valence electrons. The van der Waals surface area contributed by atoms with Crippen molar-refractivity contribution in [1.29, 1.82) is 0 Å². The summed E-state index contributed by atoms with van der Waals surface area (Å²) in [7, 11) is 3.03. The maximum absolute atomic E-state index is 12.4. The molecule has 2 fully saturated rings. The Hall–Kier alpha value is -2.69. The largest absolute Gasteiger partial charge is 0.497 e. The van der Waals surface area contributed by atoms with Gasteiger partial charge in [0.05, 0.1) is 13.7 Å². The number of amides is 1. The van der Waals surface area contributed by atoms with Crippen LogP contribution in [-0.2, 0) is 30.3 Å². The van der Waals surface area contributed by atoms with E-state index in [-0.39, 0.29) is 13.2 Å². The van der Waals surface area contributed by atoms with Crippen LogP contribution in [0, 0.1) is 0 Å². The van der Waals surface area contributed by atoms with Gasteiger partial charge in [-0.25, -0.2) is 4.79 Å². The highest BCUT2D eigenvalue weighted by molar-refractivity contribution is 5.67. The Bertz CT molecular complexity index is 877. The maximum atomic E-state index is 12.4. The van der Waals surface area contributed by atoms with Crippen LogP contribution in [0.2, 0.25) is 0 Å². The molecule has 2 aliphatic rings. The SMILES string of the molecule is COc1ccc([C@@H]2OC[C@H]3O[C@H](OC)[C@H](NC(=O)OCc4ccccc4)[C@@H](O)[C@@H]3O2)cc1. The van der Waals surface area contributed by atoms with Crippen LogP contribution in [0.4, 0.5) is 4.79 Å². The molecule has 9 nitrogen and oxygen atoms in total. The van der Waals surface area contributed by atoms with E-state index in [9.17, 15) is 9.90 Å². The average molecular weight is 445 g/mol. The summed E-state index contributed by atoms with van der Waals surface area (Å²) >= 11 is 0. The number of fused-ring (bicyclic) bond motifs is 1. The maximum Gasteiger partial charge on any atom is 0.407 e. The molecule has 2 saturated heterocycles. The summed E-state index contributed by atoms with van der Waals surface area (Å²) in [6, 6.07) is 15.7. The van der Waals surface area contributed by atoms with E-state index in [1.165, 1.54) is 7.11 Å². The van der Waals surface area contributed by atoms with Gasteiger partial charge in [0.15, 0.2) is 12.6 Å². The lowest BCUT2D eigenvalue weighted by atomic mass is 9.96. The molecule has 2 heterocycles. The molecule has 0 aliphatic carbocycles. The summed E-state index contributed by atoms with van der Waals surface area (Å²) in [5, 5.41) is 13.7. The third-order valence-corrected chi connectivity index (χ3v) is 5.48. The highest BCUT2D eigenvalue weighted by atomic mass is 16.7. The summed E-state index contributed by atoms with van der Waals surface area (Å²) in [4.78, 5) is 12.4.